The van der Waals surface area contributed by atoms with Crippen molar-refractivity contribution in [2.45, 2.75) is 19.4 Å². The van der Waals surface area contributed by atoms with Gasteiger partial charge in [-0.2, -0.15) is 0 Å². The lowest BCUT2D eigenvalue weighted by molar-refractivity contribution is -0.140. The minimum atomic E-state index is -0.167. The first-order valence-corrected chi connectivity index (χ1v) is 7.45. The molecule has 0 fully saturated rings. The fourth-order valence-corrected chi connectivity index (χ4v) is 2.77. The van der Waals surface area contributed by atoms with Crippen molar-refractivity contribution >= 4 is 16.9 Å². The van der Waals surface area contributed by atoms with Crippen LogP contribution >= 0.6 is 0 Å². The van der Waals surface area contributed by atoms with E-state index >= 15 is 0 Å². The molecule has 1 heterocycles. The first-order valence-electron chi connectivity index (χ1n) is 7.45. The van der Waals surface area contributed by atoms with Gasteiger partial charge < -0.3 is 9.30 Å². The summed E-state index contributed by atoms with van der Waals surface area (Å²) in [5.41, 5.74) is 3.66. The summed E-state index contributed by atoms with van der Waals surface area (Å²) in [4.78, 5) is 11.4. The molecule has 1 aromatic heterocycles. The molecule has 0 amide bonds. The van der Waals surface area contributed by atoms with E-state index in [-0.39, 0.29) is 5.97 Å². The first-order chi connectivity index (χ1) is 10.8. The molecular formula is C19H19NO2. The van der Waals surface area contributed by atoms with E-state index in [2.05, 4.69) is 47.2 Å². The van der Waals surface area contributed by atoms with Crippen molar-refractivity contribution < 1.29 is 9.53 Å². The molecule has 22 heavy (non-hydrogen) atoms. The van der Waals surface area contributed by atoms with E-state index in [1.54, 1.807) is 0 Å². The number of carbonyl (C=O) groups is 1. The lowest BCUT2D eigenvalue weighted by atomic mass is 10.1. The molecule has 3 nitrogen and oxygen atoms in total. The van der Waals surface area contributed by atoms with Crippen LogP contribution < -0.4 is 0 Å². The zero-order chi connectivity index (χ0) is 15.4. The van der Waals surface area contributed by atoms with Crippen LogP contribution in [0, 0.1) is 0 Å². The molecule has 0 spiro atoms. The molecule has 0 N–H and O–H groups in total. The van der Waals surface area contributed by atoms with Crippen molar-refractivity contribution in [2.75, 3.05) is 7.11 Å². The highest BCUT2D eigenvalue weighted by Crippen LogP contribution is 2.23. The second-order valence-electron chi connectivity index (χ2n) is 5.36. The SMILES string of the molecule is COC(=O)CCc1cn(Cc2ccccc2)c2ccccc12. The number of aromatic nitrogens is 1. The van der Waals surface area contributed by atoms with Crippen molar-refractivity contribution in [3.8, 4) is 0 Å². The number of rotatable bonds is 5. The van der Waals surface area contributed by atoms with Crippen LogP contribution in [0.2, 0.25) is 0 Å². The van der Waals surface area contributed by atoms with Crippen molar-refractivity contribution in [1.29, 1.82) is 0 Å². The zero-order valence-corrected chi connectivity index (χ0v) is 12.7. The molecule has 2 aromatic carbocycles. The first kappa shape index (κ1) is 14.4. The molecule has 0 radical (unpaired) electrons. The quantitative estimate of drug-likeness (QED) is 0.670. The van der Waals surface area contributed by atoms with E-state index < -0.39 is 0 Å². The average molecular weight is 293 g/mol. The van der Waals surface area contributed by atoms with Crippen LogP contribution in [0.5, 0.6) is 0 Å². The largest absolute Gasteiger partial charge is 0.469 e. The summed E-state index contributed by atoms with van der Waals surface area (Å²) in [6.07, 6.45) is 3.27. The number of hydrogen-bond donors (Lipinski definition) is 0. The second-order valence-corrected chi connectivity index (χ2v) is 5.36. The van der Waals surface area contributed by atoms with Gasteiger partial charge in [0.2, 0.25) is 0 Å². The van der Waals surface area contributed by atoms with E-state index in [9.17, 15) is 4.79 Å². The Labute approximate surface area is 130 Å². The van der Waals surface area contributed by atoms with E-state index in [0.29, 0.717) is 12.8 Å². The summed E-state index contributed by atoms with van der Waals surface area (Å²) < 4.78 is 6.99. The minimum absolute atomic E-state index is 0.167. The lowest BCUT2D eigenvalue weighted by Crippen LogP contribution is -2.01. The van der Waals surface area contributed by atoms with Crippen molar-refractivity contribution in [1.82, 2.24) is 4.57 Å². The summed E-state index contributed by atoms with van der Waals surface area (Å²) in [5.74, 6) is -0.167. The Morgan fingerprint density at radius 2 is 1.77 bits per heavy atom. The number of para-hydroxylation sites is 1. The molecular weight excluding hydrogens is 274 g/mol. The normalized spacial score (nSPS) is 10.8. The molecule has 0 unspecified atom stereocenters. The monoisotopic (exact) mass is 293 g/mol. The van der Waals surface area contributed by atoms with E-state index in [1.807, 2.05) is 18.2 Å². The maximum absolute atomic E-state index is 11.4. The van der Waals surface area contributed by atoms with Crippen LogP contribution in [-0.2, 0) is 22.5 Å². The third-order valence-electron chi connectivity index (χ3n) is 3.89. The molecule has 112 valence electrons. The highest BCUT2D eigenvalue weighted by Gasteiger charge is 2.10. The number of esters is 1. The number of hydrogen-bond acceptors (Lipinski definition) is 2. The Kier molecular flexibility index (Phi) is 4.24. The maximum atomic E-state index is 11.4. The summed E-state index contributed by atoms with van der Waals surface area (Å²) in [7, 11) is 1.43. The Balaban J connectivity index is 1.92. The highest BCUT2D eigenvalue weighted by atomic mass is 16.5. The standard InChI is InChI=1S/C19H19NO2/c1-22-19(21)12-11-16-14-20(13-15-7-3-2-4-8-15)18-10-6-5-9-17(16)18/h2-10,14H,11-13H2,1H3. The van der Waals surface area contributed by atoms with Gasteiger partial charge in [0.05, 0.1) is 7.11 Å². The van der Waals surface area contributed by atoms with Crippen LogP contribution in [-0.4, -0.2) is 17.6 Å². The fourth-order valence-electron chi connectivity index (χ4n) is 2.77. The Morgan fingerprint density at radius 1 is 1.05 bits per heavy atom. The van der Waals surface area contributed by atoms with Crippen molar-refractivity contribution in [3.05, 3.63) is 71.9 Å². The van der Waals surface area contributed by atoms with Gasteiger partial charge >= 0.3 is 5.97 Å². The van der Waals surface area contributed by atoms with Gasteiger partial charge in [0.1, 0.15) is 0 Å². The van der Waals surface area contributed by atoms with Crippen LogP contribution in [0.1, 0.15) is 17.5 Å². The third kappa shape index (κ3) is 3.03. The van der Waals surface area contributed by atoms with Gasteiger partial charge in [-0.3, -0.25) is 4.79 Å². The minimum Gasteiger partial charge on any atom is -0.469 e. The number of benzene rings is 2. The number of nitrogens with zero attached hydrogens (tertiary/aromatic N) is 1. The highest BCUT2D eigenvalue weighted by molar-refractivity contribution is 5.84. The predicted octanol–water partition coefficient (Wildman–Crippen LogP) is 3.80. The maximum Gasteiger partial charge on any atom is 0.305 e. The van der Waals surface area contributed by atoms with Gasteiger partial charge in [0.15, 0.2) is 0 Å². The molecule has 0 bridgehead atoms. The summed E-state index contributed by atoms with van der Waals surface area (Å²) >= 11 is 0. The predicted molar refractivity (Wildman–Crippen MR) is 87.8 cm³/mol. The van der Waals surface area contributed by atoms with Gasteiger partial charge in [0, 0.05) is 30.1 Å². The van der Waals surface area contributed by atoms with Gasteiger partial charge in [-0.15, -0.1) is 0 Å². The zero-order valence-electron chi connectivity index (χ0n) is 12.7. The molecule has 0 aliphatic carbocycles. The fraction of sp³-hybridized carbons (Fsp3) is 0.211. The van der Waals surface area contributed by atoms with E-state index in [1.165, 1.54) is 29.1 Å². The summed E-state index contributed by atoms with van der Waals surface area (Å²) in [6.45, 7) is 0.833. The van der Waals surface area contributed by atoms with Gasteiger partial charge in [0.25, 0.3) is 0 Å². The summed E-state index contributed by atoms with van der Waals surface area (Å²) in [5, 5.41) is 1.21. The lowest BCUT2D eigenvalue weighted by Gasteiger charge is -2.05. The molecule has 3 aromatic rings. The third-order valence-corrected chi connectivity index (χ3v) is 3.89. The Bertz CT molecular complexity index is 774. The smallest absolute Gasteiger partial charge is 0.305 e. The summed E-state index contributed by atoms with van der Waals surface area (Å²) in [6, 6.07) is 18.7. The molecule has 0 aliphatic rings. The number of ether oxygens (including phenoxy) is 1. The van der Waals surface area contributed by atoms with Crippen LogP contribution in [0.3, 0.4) is 0 Å². The molecule has 3 heteroatoms. The van der Waals surface area contributed by atoms with Crippen molar-refractivity contribution in [3.63, 3.8) is 0 Å². The van der Waals surface area contributed by atoms with Crippen LogP contribution in [0.15, 0.2) is 60.8 Å². The van der Waals surface area contributed by atoms with E-state index in [4.69, 9.17) is 4.74 Å². The molecule has 3 rings (SSSR count). The van der Waals surface area contributed by atoms with Gasteiger partial charge in [-0.05, 0) is 23.6 Å². The van der Waals surface area contributed by atoms with Crippen LogP contribution in [0.25, 0.3) is 10.9 Å². The van der Waals surface area contributed by atoms with Crippen LogP contribution in [0.4, 0.5) is 0 Å². The second kappa shape index (κ2) is 6.48. The molecule has 0 atom stereocenters. The number of fused-ring (bicyclic) bond motifs is 1. The molecule has 0 aliphatic heterocycles. The van der Waals surface area contributed by atoms with Gasteiger partial charge in [-0.1, -0.05) is 48.5 Å². The van der Waals surface area contributed by atoms with E-state index in [0.717, 1.165) is 6.54 Å². The topological polar surface area (TPSA) is 31.2 Å². The number of aryl methyl sites for hydroxylation is 1. The Morgan fingerprint density at radius 3 is 2.55 bits per heavy atom. The average Bonchev–Trinajstić information content (AvgIpc) is 2.92. The molecule has 0 saturated carbocycles. The number of methoxy groups -OCH3 is 1. The molecule has 0 saturated heterocycles. The Hall–Kier alpha value is -2.55. The van der Waals surface area contributed by atoms with Crippen molar-refractivity contribution in [2.24, 2.45) is 0 Å². The van der Waals surface area contributed by atoms with Gasteiger partial charge in [-0.25, -0.2) is 0 Å². The number of carbonyl (C=O) groups excluding carboxylic acids is 1.